The van der Waals surface area contributed by atoms with Gasteiger partial charge in [-0.1, -0.05) is 86.7 Å². The molecule has 1 heterocycles. The number of para-hydroxylation sites is 2. The van der Waals surface area contributed by atoms with E-state index in [0.29, 0.717) is 0 Å². The lowest BCUT2D eigenvalue weighted by Gasteiger charge is -2.27. The van der Waals surface area contributed by atoms with Crippen molar-refractivity contribution < 1.29 is 10.2 Å². The van der Waals surface area contributed by atoms with Gasteiger partial charge in [-0.25, -0.2) is 0 Å². The van der Waals surface area contributed by atoms with Crippen LogP contribution >= 0.6 is 11.6 Å². The van der Waals surface area contributed by atoms with Crippen molar-refractivity contribution in [2.45, 2.75) is 57.8 Å². The number of rotatable bonds is 6. The molecule has 2 nitrogen and oxygen atoms in total. The Morgan fingerprint density at radius 3 is 2.47 bits per heavy atom. The summed E-state index contributed by atoms with van der Waals surface area (Å²) in [6, 6.07) is 17.3. The zero-order chi connectivity index (χ0) is 26.1. The Morgan fingerprint density at radius 1 is 1.06 bits per heavy atom. The van der Waals surface area contributed by atoms with Crippen molar-refractivity contribution in [1.29, 1.82) is 0 Å². The van der Waals surface area contributed by atoms with Gasteiger partial charge in [0.25, 0.3) is 0 Å². The fourth-order valence-electron chi connectivity index (χ4n) is 5.74. The Balaban J connectivity index is 1.59. The van der Waals surface area contributed by atoms with Crippen molar-refractivity contribution >= 4 is 23.0 Å². The predicted octanol–water partition coefficient (Wildman–Crippen LogP) is 6.53. The van der Waals surface area contributed by atoms with E-state index in [4.69, 9.17) is 11.6 Å². The van der Waals surface area contributed by atoms with Gasteiger partial charge in [0.15, 0.2) is 0 Å². The van der Waals surface area contributed by atoms with Crippen molar-refractivity contribution in [2.75, 3.05) is 14.1 Å². The van der Waals surface area contributed by atoms with Gasteiger partial charge in [0.05, 0.1) is 19.5 Å². The number of likely N-dealkylation sites (N-methyl/N-ethyl adjacent to an activating group) is 1. The molecule has 3 heteroatoms. The van der Waals surface area contributed by atoms with Crippen LogP contribution in [0.1, 0.15) is 58.1 Å². The molecule has 2 aliphatic rings. The van der Waals surface area contributed by atoms with Gasteiger partial charge in [-0.15, -0.1) is 0 Å². The summed E-state index contributed by atoms with van der Waals surface area (Å²) in [5, 5.41) is 3.07. The second-order valence-electron chi connectivity index (χ2n) is 11.1. The zero-order valence-electron chi connectivity index (χ0n) is 22.7. The molecule has 0 bridgehead atoms. The van der Waals surface area contributed by atoms with Crippen LogP contribution < -0.4 is 10.2 Å². The van der Waals surface area contributed by atoms with E-state index in [2.05, 4.69) is 127 Å². The predicted molar refractivity (Wildman–Crippen MR) is 154 cm³/mol. The van der Waals surface area contributed by atoms with E-state index in [1.165, 1.54) is 44.2 Å². The zero-order valence-corrected chi connectivity index (χ0v) is 23.5. The molecule has 0 amide bonds. The van der Waals surface area contributed by atoms with Crippen molar-refractivity contribution in [3.8, 4) is 0 Å². The molecule has 36 heavy (non-hydrogen) atoms. The van der Waals surface area contributed by atoms with E-state index < -0.39 is 0 Å². The van der Waals surface area contributed by atoms with Crippen molar-refractivity contribution in [2.24, 2.45) is 0 Å². The van der Waals surface area contributed by atoms with Crippen LogP contribution in [-0.4, -0.2) is 14.1 Å². The normalized spacial score (nSPS) is 22.0. The quantitative estimate of drug-likeness (QED) is 0.332. The molecule has 1 unspecified atom stereocenters. The SMILES string of the molecule is C=C(C=CC1=C(Cl)C(=CC=C2[NH+](C)c3ccccc3C2(C)C)CCC1)C(C)(C)c1ccccc1[NH2+]C. The molecule has 0 fully saturated rings. The number of fused-ring (bicyclic) bond motifs is 1. The molecule has 1 aliphatic heterocycles. The lowest BCUT2D eigenvalue weighted by atomic mass is 9.77. The first-order valence-electron chi connectivity index (χ1n) is 13.1. The Labute approximate surface area is 222 Å². The van der Waals surface area contributed by atoms with Crippen LogP contribution in [0.2, 0.25) is 0 Å². The molecule has 2 aromatic carbocycles. The number of hydrogen-bond acceptors (Lipinski definition) is 0. The number of allylic oxidation sites excluding steroid dienone is 9. The molecular weight excluding hydrogens is 460 g/mol. The molecule has 1 aliphatic carbocycles. The highest BCUT2D eigenvalue weighted by Gasteiger charge is 2.43. The fraction of sp³-hybridized carbons (Fsp3) is 0.333. The molecule has 0 saturated carbocycles. The minimum atomic E-state index is -0.166. The Morgan fingerprint density at radius 2 is 1.75 bits per heavy atom. The van der Waals surface area contributed by atoms with Gasteiger partial charge in [0, 0.05) is 21.6 Å². The van der Waals surface area contributed by atoms with Crippen LogP contribution in [0.25, 0.3) is 0 Å². The highest BCUT2D eigenvalue weighted by molar-refractivity contribution is 6.32. The molecule has 188 valence electrons. The summed E-state index contributed by atoms with van der Waals surface area (Å²) in [4.78, 5) is 1.37. The standard InChI is InChI=1S/C33H39ClN2/c1-23(32(2,3)26-15-8-10-17-28(26)35-6)19-20-24-13-12-14-25(31(24)34)21-22-30-33(4,5)27-16-9-11-18-29(27)36(30)7/h8-11,15-22,35H,1,12-14H2,2-7H3/p+2. The van der Waals surface area contributed by atoms with Gasteiger partial charge in [-0.05, 0) is 68.0 Å². The van der Waals surface area contributed by atoms with Gasteiger partial charge >= 0.3 is 0 Å². The first-order chi connectivity index (χ1) is 17.1. The fourth-order valence-corrected chi connectivity index (χ4v) is 6.05. The second kappa shape index (κ2) is 10.4. The van der Waals surface area contributed by atoms with Gasteiger partial charge in [-0.3, -0.25) is 4.90 Å². The second-order valence-corrected chi connectivity index (χ2v) is 11.5. The maximum atomic E-state index is 6.98. The third-order valence-electron chi connectivity index (χ3n) is 8.22. The van der Waals surface area contributed by atoms with Gasteiger partial charge in [-0.2, -0.15) is 0 Å². The van der Waals surface area contributed by atoms with E-state index >= 15 is 0 Å². The van der Waals surface area contributed by atoms with Gasteiger partial charge < -0.3 is 5.32 Å². The number of benzene rings is 2. The summed E-state index contributed by atoms with van der Waals surface area (Å²) < 4.78 is 0. The minimum absolute atomic E-state index is 0.000853. The summed E-state index contributed by atoms with van der Waals surface area (Å²) in [5.74, 6) is 0. The summed E-state index contributed by atoms with van der Waals surface area (Å²) in [6.45, 7) is 13.6. The van der Waals surface area contributed by atoms with Crippen LogP contribution in [0.4, 0.5) is 11.4 Å². The molecule has 2 aromatic rings. The van der Waals surface area contributed by atoms with Crippen LogP contribution in [0.5, 0.6) is 0 Å². The first kappa shape index (κ1) is 26.4. The summed E-state index contributed by atoms with van der Waals surface area (Å²) in [7, 11) is 4.33. The van der Waals surface area contributed by atoms with Crippen LogP contribution in [-0.2, 0) is 10.8 Å². The Kier molecular flexibility index (Phi) is 7.61. The number of hydrogen-bond donors (Lipinski definition) is 2. The highest BCUT2D eigenvalue weighted by atomic mass is 35.5. The monoisotopic (exact) mass is 500 g/mol. The topological polar surface area (TPSA) is 21.1 Å². The van der Waals surface area contributed by atoms with E-state index in [1.54, 1.807) is 0 Å². The Bertz CT molecular complexity index is 1290. The average molecular weight is 501 g/mol. The molecule has 3 N–H and O–H groups in total. The maximum absolute atomic E-state index is 6.98. The first-order valence-corrected chi connectivity index (χ1v) is 13.5. The van der Waals surface area contributed by atoms with Crippen LogP contribution in [0.15, 0.2) is 107 Å². The molecule has 0 aromatic heterocycles. The van der Waals surface area contributed by atoms with Crippen molar-refractivity contribution in [3.63, 3.8) is 0 Å². The molecule has 1 atom stereocenters. The molecule has 4 rings (SSSR count). The van der Waals surface area contributed by atoms with E-state index in [1.807, 2.05) is 0 Å². The highest BCUT2D eigenvalue weighted by Crippen LogP contribution is 2.39. The summed E-state index contributed by atoms with van der Waals surface area (Å²) >= 11 is 6.98. The smallest absolute Gasteiger partial charge is 0.140 e. The summed E-state index contributed by atoms with van der Waals surface area (Å²) in [6.07, 6.45) is 12.0. The third kappa shape index (κ3) is 4.83. The number of halogens is 1. The maximum Gasteiger partial charge on any atom is 0.140 e. The number of quaternary nitrogens is 2. The number of nitrogens with two attached hydrogens (primary N) is 1. The number of nitrogens with one attached hydrogen (secondary N) is 1. The van der Waals surface area contributed by atoms with Crippen LogP contribution in [0.3, 0.4) is 0 Å². The third-order valence-corrected chi connectivity index (χ3v) is 8.71. The lowest BCUT2D eigenvalue weighted by molar-refractivity contribution is -0.764. The molecule has 0 spiro atoms. The Hall–Kier alpha value is -2.65. The molecule has 0 saturated heterocycles. The van der Waals surface area contributed by atoms with Gasteiger partial charge in [0.1, 0.15) is 17.1 Å². The van der Waals surface area contributed by atoms with E-state index in [9.17, 15) is 0 Å². The lowest BCUT2D eigenvalue weighted by Crippen LogP contribution is -3.01. The molecule has 0 radical (unpaired) electrons. The average Bonchev–Trinajstić information content (AvgIpc) is 3.07. The van der Waals surface area contributed by atoms with Crippen LogP contribution in [0, 0.1) is 0 Å². The van der Waals surface area contributed by atoms with E-state index in [-0.39, 0.29) is 10.8 Å². The van der Waals surface area contributed by atoms with Crippen molar-refractivity contribution in [1.82, 2.24) is 0 Å². The minimum Gasteiger partial charge on any atom is -0.316 e. The van der Waals surface area contributed by atoms with Crippen molar-refractivity contribution in [3.05, 3.63) is 118 Å². The van der Waals surface area contributed by atoms with E-state index in [0.717, 1.165) is 29.9 Å². The largest absolute Gasteiger partial charge is 0.316 e. The van der Waals surface area contributed by atoms with Gasteiger partial charge in [0.2, 0.25) is 0 Å². The summed E-state index contributed by atoms with van der Waals surface area (Å²) in [5.41, 5.74) is 10.1. The molecular formula is C33H41ClN2+2.